The van der Waals surface area contributed by atoms with Crippen LogP contribution in [0.3, 0.4) is 0 Å². The zero-order valence-electron chi connectivity index (χ0n) is 18.4. The lowest BCUT2D eigenvalue weighted by Crippen LogP contribution is -2.47. The monoisotopic (exact) mass is 467 g/mol. The van der Waals surface area contributed by atoms with Gasteiger partial charge >= 0.3 is 0 Å². The van der Waals surface area contributed by atoms with Crippen molar-refractivity contribution in [2.45, 2.75) is 39.0 Å². The molecule has 0 saturated heterocycles. The maximum atomic E-state index is 14.5. The number of fused-ring (bicyclic) bond motifs is 2. The Bertz CT molecular complexity index is 1250. The van der Waals surface area contributed by atoms with Crippen LogP contribution in [0.4, 0.5) is 21.7 Å². The highest BCUT2D eigenvalue weighted by Crippen LogP contribution is 2.36. The summed E-state index contributed by atoms with van der Waals surface area (Å²) in [6.45, 7) is 6.88. The molecule has 5 rings (SSSR count). The number of carbonyl (C=O) groups is 1. The molecule has 0 spiro atoms. The number of nitrogens with one attached hydrogen (secondary N) is 2. The molecule has 1 atom stereocenters. The smallest absolute Gasteiger partial charge is 0.268 e. The van der Waals surface area contributed by atoms with Gasteiger partial charge in [-0.25, -0.2) is 9.37 Å². The van der Waals surface area contributed by atoms with Crippen LogP contribution in [0, 0.1) is 5.82 Å². The summed E-state index contributed by atoms with van der Waals surface area (Å²) < 4.78 is 20.3. The number of anilines is 3. The third kappa shape index (κ3) is 3.79. The van der Waals surface area contributed by atoms with Crippen molar-refractivity contribution in [1.29, 1.82) is 0 Å². The maximum absolute atomic E-state index is 14.5. The second-order valence-electron chi connectivity index (χ2n) is 8.67. The van der Waals surface area contributed by atoms with Crippen molar-refractivity contribution < 1.29 is 13.9 Å². The number of benzene rings is 2. The average Bonchev–Trinajstić information content (AvgIpc) is 2.75. The molecule has 1 amide bonds. The second kappa shape index (κ2) is 7.97. The quantitative estimate of drug-likeness (QED) is 0.577. The van der Waals surface area contributed by atoms with Crippen molar-refractivity contribution in [3.8, 4) is 5.88 Å². The molecule has 2 aliphatic heterocycles. The van der Waals surface area contributed by atoms with Gasteiger partial charge in [0, 0.05) is 17.4 Å². The molecule has 1 unspecified atom stereocenters. The second-order valence-corrected chi connectivity index (χ2v) is 9.08. The van der Waals surface area contributed by atoms with Crippen LogP contribution in [0.5, 0.6) is 5.88 Å². The number of para-hydroxylation sites is 1. The largest absolute Gasteiger partial charge is 0.453 e. The Morgan fingerprint density at radius 3 is 2.91 bits per heavy atom. The number of aromatic nitrogens is 2. The van der Waals surface area contributed by atoms with Crippen molar-refractivity contribution in [3.63, 3.8) is 0 Å². The lowest BCUT2D eigenvalue weighted by Gasteiger charge is -2.34. The lowest BCUT2D eigenvalue weighted by atomic mass is 9.85. The van der Waals surface area contributed by atoms with E-state index in [1.54, 1.807) is 6.92 Å². The number of hydrogen-bond donors (Lipinski definition) is 2. The van der Waals surface area contributed by atoms with Crippen LogP contribution in [0.15, 0.2) is 42.6 Å². The highest BCUT2D eigenvalue weighted by molar-refractivity contribution is 6.34. The van der Waals surface area contributed by atoms with Gasteiger partial charge in [0.2, 0.25) is 11.8 Å². The zero-order chi connectivity index (χ0) is 23.3. The Balaban J connectivity index is 1.43. The van der Waals surface area contributed by atoms with Crippen LogP contribution >= 0.6 is 11.6 Å². The minimum absolute atomic E-state index is 0.0315. The topological polar surface area (TPSA) is 79.4 Å². The highest BCUT2D eigenvalue weighted by Gasteiger charge is 2.36. The van der Waals surface area contributed by atoms with Gasteiger partial charge in [-0.1, -0.05) is 23.7 Å². The molecule has 0 fully saturated rings. The van der Waals surface area contributed by atoms with Gasteiger partial charge in [-0.2, -0.15) is 4.98 Å². The molecule has 3 heterocycles. The molecule has 2 N–H and O–H groups in total. The standard InChI is InChI=1S/C24H23ClFN5O2/c1-13-31(20-18(25)5-4-6-19(20)26)22(32)16-12-27-23(30-21(16)33-13)29-15-7-8-17-14(11-15)9-10-28-24(17,2)3/h4-8,11-13,28H,9-10H2,1-3H3,(H,27,29,30). The van der Waals surface area contributed by atoms with Gasteiger partial charge in [0.25, 0.3) is 5.91 Å². The molecule has 170 valence electrons. The van der Waals surface area contributed by atoms with E-state index in [1.165, 1.54) is 40.4 Å². The van der Waals surface area contributed by atoms with Gasteiger partial charge in [-0.3, -0.25) is 9.69 Å². The molecule has 0 bridgehead atoms. The van der Waals surface area contributed by atoms with Gasteiger partial charge in [-0.05, 0) is 69.1 Å². The van der Waals surface area contributed by atoms with Crippen LogP contribution in [0.25, 0.3) is 0 Å². The minimum atomic E-state index is -0.805. The van der Waals surface area contributed by atoms with E-state index in [4.69, 9.17) is 16.3 Å². The molecule has 3 aromatic rings. The van der Waals surface area contributed by atoms with E-state index in [2.05, 4.69) is 46.6 Å². The molecule has 0 aliphatic carbocycles. The van der Waals surface area contributed by atoms with Crippen molar-refractivity contribution in [1.82, 2.24) is 15.3 Å². The Morgan fingerprint density at radius 1 is 1.30 bits per heavy atom. The molecule has 0 saturated carbocycles. The van der Waals surface area contributed by atoms with E-state index in [0.717, 1.165) is 18.7 Å². The number of nitrogens with zero attached hydrogens (tertiary/aromatic N) is 3. The van der Waals surface area contributed by atoms with Crippen molar-refractivity contribution >= 4 is 34.8 Å². The number of carbonyl (C=O) groups excluding carboxylic acids is 1. The van der Waals surface area contributed by atoms with E-state index in [0.29, 0.717) is 5.95 Å². The third-order valence-corrected chi connectivity index (χ3v) is 6.33. The highest BCUT2D eigenvalue weighted by atomic mass is 35.5. The lowest BCUT2D eigenvalue weighted by molar-refractivity contribution is 0.0865. The molecule has 7 nitrogen and oxygen atoms in total. The Morgan fingerprint density at radius 2 is 2.12 bits per heavy atom. The summed E-state index contributed by atoms with van der Waals surface area (Å²) in [5.41, 5.74) is 3.40. The van der Waals surface area contributed by atoms with Crippen LogP contribution < -0.4 is 20.3 Å². The summed E-state index contributed by atoms with van der Waals surface area (Å²) in [6.07, 6.45) is 1.51. The summed E-state index contributed by atoms with van der Waals surface area (Å²) in [4.78, 5) is 23.0. The Hall–Kier alpha value is -3.23. The molecule has 33 heavy (non-hydrogen) atoms. The number of amides is 1. The summed E-state index contributed by atoms with van der Waals surface area (Å²) in [5, 5.41) is 6.83. The Labute approximate surface area is 195 Å². The SMILES string of the molecule is CC1Oc2nc(Nc3ccc4c(c3)CCNC4(C)C)ncc2C(=O)N1c1c(F)cccc1Cl. The fraction of sp³-hybridized carbons (Fsp3) is 0.292. The first-order chi connectivity index (χ1) is 15.7. The predicted molar refractivity (Wildman–Crippen MR) is 125 cm³/mol. The maximum Gasteiger partial charge on any atom is 0.268 e. The zero-order valence-corrected chi connectivity index (χ0v) is 19.2. The molecule has 0 radical (unpaired) electrons. The van der Waals surface area contributed by atoms with Gasteiger partial charge < -0.3 is 15.4 Å². The first-order valence-electron chi connectivity index (χ1n) is 10.7. The summed E-state index contributed by atoms with van der Waals surface area (Å²) >= 11 is 6.17. The molecule has 1 aromatic heterocycles. The van der Waals surface area contributed by atoms with Gasteiger partial charge in [0.15, 0.2) is 6.23 Å². The minimum Gasteiger partial charge on any atom is -0.453 e. The first-order valence-corrected chi connectivity index (χ1v) is 11.1. The van der Waals surface area contributed by atoms with E-state index < -0.39 is 18.0 Å². The number of ether oxygens (including phenoxy) is 1. The van der Waals surface area contributed by atoms with Crippen LogP contribution in [-0.4, -0.2) is 28.6 Å². The summed E-state index contributed by atoms with van der Waals surface area (Å²) in [7, 11) is 0. The number of hydrogen-bond acceptors (Lipinski definition) is 6. The van der Waals surface area contributed by atoms with Crippen LogP contribution in [-0.2, 0) is 12.0 Å². The Kier molecular flexibility index (Phi) is 5.22. The van der Waals surface area contributed by atoms with E-state index in [9.17, 15) is 9.18 Å². The van der Waals surface area contributed by atoms with Crippen molar-refractivity contribution in [2.75, 3.05) is 16.8 Å². The summed E-state index contributed by atoms with van der Waals surface area (Å²) in [5.74, 6) is -0.651. The average molecular weight is 468 g/mol. The normalized spacial score (nSPS) is 18.9. The molecular formula is C24H23ClFN5O2. The van der Waals surface area contributed by atoms with Gasteiger partial charge in [0.05, 0.1) is 5.02 Å². The van der Waals surface area contributed by atoms with Crippen LogP contribution in [0.2, 0.25) is 5.02 Å². The van der Waals surface area contributed by atoms with Gasteiger partial charge in [-0.15, -0.1) is 0 Å². The summed E-state index contributed by atoms with van der Waals surface area (Å²) in [6, 6.07) is 10.4. The van der Waals surface area contributed by atoms with E-state index in [1.807, 2.05) is 6.07 Å². The molecular weight excluding hydrogens is 445 g/mol. The fourth-order valence-corrected chi connectivity index (χ4v) is 4.65. The molecule has 9 heteroatoms. The van der Waals surface area contributed by atoms with E-state index in [-0.39, 0.29) is 27.7 Å². The molecule has 2 aliphatic rings. The van der Waals surface area contributed by atoms with Crippen LogP contribution in [0.1, 0.15) is 42.3 Å². The fourth-order valence-electron chi connectivity index (χ4n) is 4.40. The van der Waals surface area contributed by atoms with Crippen molar-refractivity contribution in [3.05, 3.63) is 70.1 Å². The number of rotatable bonds is 3. The van der Waals surface area contributed by atoms with E-state index >= 15 is 0 Å². The molecule has 2 aromatic carbocycles. The van der Waals surface area contributed by atoms with Gasteiger partial charge in [0.1, 0.15) is 17.1 Å². The predicted octanol–water partition coefficient (Wildman–Crippen LogP) is 4.78. The van der Waals surface area contributed by atoms with Crippen molar-refractivity contribution in [2.24, 2.45) is 0 Å². The number of halogens is 2. The third-order valence-electron chi connectivity index (χ3n) is 6.02. The first kappa shape index (κ1) is 21.6.